The number of phenols is 2. The van der Waals surface area contributed by atoms with E-state index in [2.05, 4.69) is 116 Å². The molecule has 0 unspecified atom stereocenters. The lowest BCUT2D eigenvalue weighted by molar-refractivity contribution is 0.414. The number of nitrogens with zero attached hydrogens (tertiary/aromatic N) is 4. The largest absolute Gasteiger partial charge is 0.507 e. The van der Waals surface area contributed by atoms with Gasteiger partial charge in [-0.1, -0.05) is 114 Å². The van der Waals surface area contributed by atoms with Crippen LogP contribution in [0.2, 0.25) is 0 Å². The lowest BCUT2D eigenvalue weighted by Crippen LogP contribution is -2.25. The zero-order valence-corrected chi connectivity index (χ0v) is 34.1. The number of rotatable bonds is 13. The molecule has 0 atom stereocenters. The second-order valence-electron chi connectivity index (χ2n) is 16.2. The first-order chi connectivity index (χ1) is 28.4. The molecule has 6 heteroatoms. The first-order valence-corrected chi connectivity index (χ1v) is 21.2. The summed E-state index contributed by atoms with van der Waals surface area (Å²) >= 11 is 0. The Hall–Kier alpha value is -6.14. The summed E-state index contributed by atoms with van der Waals surface area (Å²) in [5, 5.41) is 27.2. The Morgan fingerprint density at radius 1 is 0.534 bits per heavy atom. The summed E-state index contributed by atoms with van der Waals surface area (Å²) in [5.41, 5.74) is 12.2. The van der Waals surface area contributed by atoms with Crippen LogP contribution in [0.5, 0.6) is 11.5 Å². The number of para-hydroxylation sites is 2. The molecule has 292 valence electrons. The molecule has 6 aromatic carbocycles. The molecular formula is C52H52N4O2. The quantitative estimate of drug-likeness (QED) is 0.115. The Morgan fingerprint density at radius 3 is 1.76 bits per heavy atom. The maximum Gasteiger partial charge on any atom is 0.125 e. The van der Waals surface area contributed by atoms with Crippen molar-refractivity contribution in [3.05, 3.63) is 131 Å². The molecule has 0 bridgehead atoms. The average molecular weight is 765 g/mol. The minimum atomic E-state index is -0.121. The van der Waals surface area contributed by atoms with Crippen LogP contribution in [-0.4, -0.2) is 31.8 Å². The zero-order valence-electron chi connectivity index (χ0n) is 34.1. The highest BCUT2D eigenvalue weighted by Crippen LogP contribution is 2.56. The number of aromatic hydroxyl groups is 2. The van der Waals surface area contributed by atoms with Crippen molar-refractivity contribution >= 4 is 67.4 Å². The number of unbranched alkanes of at least 4 members (excludes halogenated alkanes) is 3. The first-order valence-electron chi connectivity index (χ1n) is 21.2. The predicted molar refractivity (Wildman–Crippen MR) is 244 cm³/mol. The Morgan fingerprint density at radius 2 is 1.09 bits per heavy atom. The first kappa shape index (κ1) is 37.4. The fraction of sp³-hybridized carbons (Fsp3) is 0.269. The fourth-order valence-electron chi connectivity index (χ4n) is 9.65. The maximum atomic E-state index is 11.5. The molecule has 0 radical (unpaired) electrons. The Bertz CT molecular complexity index is 2900. The number of aryl methyl sites for hydroxylation is 2. The van der Waals surface area contributed by atoms with Crippen molar-refractivity contribution in [2.75, 3.05) is 0 Å². The third-order valence-corrected chi connectivity index (χ3v) is 12.7. The summed E-state index contributed by atoms with van der Waals surface area (Å²) in [5.74, 6) is 0.376. The van der Waals surface area contributed by atoms with Crippen molar-refractivity contribution in [2.24, 2.45) is 17.0 Å². The van der Waals surface area contributed by atoms with Crippen LogP contribution in [0.3, 0.4) is 0 Å². The summed E-state index contributed by atoms with van der Waals surface area (Å²) in [6.45, 7) is 7.67. The van der Waals surface area contributed by atoms with Crippen LogP contribution in [0.4, 0.5) is 11.4 Å². The monoisotopic (exact) mass is 764 g/mol. The molecule has 1 aliphatic carbocycles. The van der Waals surface area contributed by atoms with Crippen LogP contribution < -0.4 is 0 Å². The Kier molecular flexibility index (Phi) is 9.89. The summed E-state index contributed by atoms with van der Waals surface area (Å²) in [4.78, 5) is 10.3. The summed E-state index contributed by atoms with van der Waals surface area (Å²) < 4.78 is 4.54. The molecule has 1 aliphatic rings. The predicted octanol–water partition coefficient (Wildman–Crippen LogP) is 13.8. The summed E-state index contributed by atoms with van der Waals surface area (Å²) in [6.07, 6.45) is 12.4. The number of hydrogen-bond donors (Lipinski definition) is 2. The van der Waals surface area contributed by atoms with Crippen molar-refractivity contribution in [2.45, 2.75) is 84.1 Å². The van der Waals surface area contributed by atoms with E-state index in [0.29, 0.717) is 16.8 Å². The number of aliphatic imine (C=N–C) groups is 2. The van der Waals surface area contributed by atoms with E-state index in [4.69, 9.17) is 9.98 Å². The van der Waals surface area contributed by atoms with Gasteiger partial charge < -0.3 is 19.3 Å². The van der Waals surface area contributed by atoms with Gasteiger partial charge in [-0.25, -0.2) is 0 Å². The van der Waals surface area contributed by atoms with Gasteiger partial charge in [-0.05, 0) is 90.0 Å². The number of benzene rings is 6. The van der Waals surface area contributed by atoms with Crippen LogP contribution in [0.25, 0.3) is 54.7 Å². The molecule has 6 nitrogen and oxygen atoms in total. The molecule has 0 saturated carbocycles. The number of hydrogen-bond acceptors (Lipinski definition) is 4. The smallest absolute Gasteiger partial charge is 0.125 e. The SMILES string of the molecule is CCCCn1c2ccccc2c2cc(O)c(C=Nc3cc4c(cc3N=Cc3cc5c(cc3O)c3ccccc3n5C)C(CCCC)(CCCC)c3ccccc3-4)cc21. The molecule has 2 aromatic heterocycles. The molecule has 0 amide bonds. The maximum absolute atomic E-state index is 11.5. The van der Waals surface area contributed by atoms with Gasteiger partial charge in [0.15, 0.2) is 0 Å². The standard InChI is InChI=1S/C52H52N4O2/c1-5-8-23-52(24-9-6-2)42-20-14-11-17-36(42)39-28-44(53-33-35-27-49-41(30-51(35)58)38-19-13-16-22-47(38)56(49)25-10-7-3)45(31-43(39)52)54-32-34-26-48-40(29-50(34)57)37-18-12-15-21-46(37)55(48)4/h11-22,26-33,57-58H,5-10,23-25H2,1-4H3. The lowest BCUT2D eigenvalue weighted by atomic mass is 9.71. The van der Waals surface area contributed by atoms with Crippen molar-refractivity contribution < 1.29 is 10.2 Å². The Labute approximate surface area is 340 Å². The number of aromatic nitrogens is 2. The van der Waals surface area contributed by atoms with Gasteiger partial charge in [0.2, 0.25) is 0 Å². The van der Waals surface area contributed by atoms with Crippen LogP contribution >= 0.6 is 0 Å². The summed E-state index contributed by atoms with van der Waals surface area (Å²) in [7, 11) is 2.07. The van der Waals surface area contributed by atoms with Gasteiger partial charge in [0.25, 0.3) is 0 Å². The van der Waals surface area contributed by atoms with E-state index < -0.39 is 0 Å². The zero-order chi connectivity index (χ0) is 40.0. The highest BCUT2D eigenvalue weighted by molar-refractivity contribution is 6.11. The van der Waals surface area contributed by atoms with Crippen LogP contribution in [0.15, 0.2) is 119 Å². The van der Waals surface area contributed by atoms with Gasteiger partial charge in [0.05, 0.1) is 16.9 Å². The topological polar surface area (TPSA) is 75.0 Å². The highest BCUT2D eigenvalue weighted by Gasteiger charge is 2.42. The van der Waals surface area contributed by atoms with E-state index in [-0.39, 0.29) is 16.9 Å². The minimum Gasteiger partial charge on any atom is -0.507 e. The van der Waals surface area contributed by atoms with Crippen LogP contribution in [-0.2, 0) is 19.0 Å². The van der Waals surface area contributed by atoms with Gasteiger partial charge in [0, 0.05) is 80.7 Å². The van der Waals surface area contributed by atoms with Crippen molar-refractivity contribution in [1.82, 2.24) is 9.13 Å². The second kappa shape index (κ2) is 15.3. The molecule has 0 saturated heterocycles. The van der Waals surface area contributed by atoms with Gasteiger partial charge in [-0.15, -0.1) is 0 Å². The molecule has 2 heterocycles. The van der Waals surface area contributed by atoms with Crippen molar-refractivity contribution in [1.29, 1.82) is 0 Å². The Balaban J connectivity index is 1.22. The molecule has 58 heavy (non-hydrogen) atoms. The normalized spacial score (nSPS) is 13.6. The average Bonchev–Trinajstić information content (AvgIpc) is 3.81. The number of fused-ring (bicyclic) bond motifs is 9. The third kappa shape index (κ3) is 6.17. The van der Waals surface area contributed by atoms with E-state index in [1.165, 1.54) is 27.8 Å². The van der Waals surface area contributed by atoms with Crippen LogP contribution in [0.1, 0.15) is 94.4 Å². The van der Waals surface area contributed by atoms with E-state index in [0.717, 1.165) is 102 Å². The van der Waals surface area contributed by atoms with Crippen molar-refractivity contribution in [3.8, 4) is 22.6 Å². The summed E-state index contributed by atoms with van der Waals surface area (Å²) in [6, 6.07) is 38.0. The lowest BCUT2D eigenvalue weighted by Gasteiger charge is -2.32. The molecule has 8 aromatic rings. The van der Waals surface area contributed by atoms with Gasteiger partial charge in [-0.2, -0.15) is 0 Å². The highest BCUT2D eigenvalue weighted by atomic mass is 16.3. The van der Waals surface area contributed by atoms with Gasteiger partial charge in [-0.3, -0.25) is 9.98 Å². The van der Waals surface area contributed by atoms with E-state index >= 15 is 0 Å². The minimum absolute atomic E-state index is 0.121. The van der Waals surface area contributed by atoms with Gasteiger partial charge in [0.1, 0.15) is 11.5 Å². The molecule has 0 fully saturated rings. The van der Waals surface area contributed by atoms with Crippen molar-refractivity contribution in [3.63, 3.8) is 0 Å². The second-order valence-corrected chi connectivity index (χ2v) is 16.2. The third-order valence-electron chi connectivity index (χ3n) is 12.7. The number of phenolic OH excluding ortho intramolecular Hbond substituents is 2. The molecule has 0 spiro atoms. The van der Waals surface area contributed by atoms with Gasteiger partial charge >= 0.3 is 0 Å². The molecular weight excluding hydrogens is 713 g/mol. The van der Waals surface area contributed by atoms with Crippen LogP contribution in [0, 0.1) is 0 Å². The molecule has 2 N–H and O–H groups in total. The van der Waals surface area contributed by atoms with E-state index in [1.807, 2.05) is 30.3 Å². The fourth-order valence-corrected chi connectivity index (χ4v) is 9.65. The van der Waals surface area contributed by atoms with E-state index in [9.17, 15) is 10.2 Å². The molecule has 9 rings (SSSR count). The van der Waals surface area contributed by atoms with E-state index in [1.54, 1.807) is 12.4 Å². The molecule has 0 aliphatic heterocycles.